The zero-order chi connectivity index (χ0) is 37.5. The SMILES string of the molecule is C1=CC(c2ccc3c(c2)c2ccccc2n3-c2ccccc2)Cc2c1n(-c1ccc(-c3nc(-c4ccccc4)c4c(n3)oc3ccccc34)cc1)c1ccccc21. The number of aromatic nitrogens is 4. The van der Waals surface area contributed by atoms with Gasteiger partial charge in [-0.2, -0.15) is 4.98 Å². The Balaban J connectivity index is 0.932. The molecule has 0 bridgehead atoms. The first-order valence-corrected chi connectivity index (χ1v) is 19.5. The molecule has 0 saturated heterocycles. The zero-order valence-corrected chi connectivity index (χ0v) is 30.9. The van der Waals surface area contributed by atoms with Gasteiger partial charge in [0.05, 0.1) is 27.6 Å². The van der Waals surface area contributed by atoms with Crippen LogP contribution in [-0.2, 0) is 6.42 Å². The third-order valence-corrected chi connectivity index (χ3v) is 11.7. The predicted octanol–water partition coefficient (Wildman–Crippen LogP) is 13.1. The molecule has 4 aromatic heterocycles. The number of fused-ring (bicyclic) bond motifs is 9. The summed E-state index contributed by atoms with van der Waals surface area (Å²) in [5, 5.41) is 5.81. The van der Waals surface area contributed by atoms with Gasteiger partial charge < -0.3 is 13.6 Å². The lowest BCUT2D eigenvalue weighted by Gasteiger charge is -2.20. The molecule has 0 saturated carbocycles. The van der Waals surface area contributed by atoms with Crippen molar-refractivity contribution in [2.45, 2.75) is 12.3 Å². The summed E-state index contributed by atoms with van der Waals surface area (Å²) >= 11 is 0. The van der Waals surface area contributed by atoms with Crippen molar-refractivity contribution in [3.8, 4) is 34.0 Å². The molecule has 0 spiro atoms. The summed E-state index contributed by atoms with van der Waals surface area (Å²) in [7, 11) is 0. The molecule has 5 heteroatoms. The van der Waals surface area contributed by atoms with Crippen LogP contribution in [0.25, 0.3) is 94.9 Å². The van der Waals surface area contributed by atoms with Gasteiger partial charge in [-0.1, -0.05) is 115 Å². The van der Waals surface area contributed by atoms with Crippen molar-refractivity contribution in [3.05, 3.63) is 199 Å². The fraction of sp³-hybridized carbons (Fsp3) is 0.0385. The third-order valence-electron chi connectivity index (χ3n) is 11.7. The maximum Gasteiger partial charge on any atom is 0.231 e. The average molecular weight is 731 g/mol. The fourth-order valence-electron chi connectivity index (χ4n) is 9.11. The van der Waals surface area contributed by atoms with E-state index >= 15 is 0 Å². The van der Waals surface area contributed by atoms with E-state index in [2.05, 4.69) is 161 Å². The largest absolute Gasteiger partial charge is 0.438 e. The molecule has 12 rings (SSSR count). The van der Waals surface area contributed by atoms with Gasteiger partial charge in [0.15, 0.2) is 5.82 Å². The summed E-state index contributed by atoms with van der Waals surface area (Å²) in [4.78, 5) is 10.1. The standard InChI is InChI=1S/C52H34N4O/c1-3-13-33(14-4-1)50-49-41-19-9-12-22-48(41)57-52(49)54-51(53-50)34-23-27-38(28-24-34)56-45-21-11-8-18-40(45)43-32-36(26-30-47(43)56)35-25-29-46-42(31-35)39-17-7-10-20-44(39)55(46)37-15-5-2-6-16-37/h1-31,36H,32H2. The molecular weight excluding hydrogens is 697 g/mol. The van der Waals surface area contributed by atoms with Crippen molar-refractivity contribution < 1.29 is 4.42 Å². The van der Waals surface area contributed by atoms with Crippen LogP contribution in [0.15, 0.2) is 186 Å². The molecule has 0 amide bonds. The molecule has 1 unspecified atom stereocenters. The number of benzene rings is 7. The van der Waals surface area contributed by atoms with Crippen molar-refractivity contribution in [2.75, 3.05) is 0 Å². The van der Waals surface area contributed by atoms with Crippen LogP contribution < -0.4 is 0 Å². The van der Waals surface area contributed by atoms with Gasteiger partial charge in [-0.25, -0.2) is 4.98 Å². The minimum absolute atomic E-state index is 0.256. The highest BCUT2D eigenvalue weighted by Gasteiger charge is 2.25. The Morgan fingerprint density at radius 3 is 1.96 bits per heavy atom. The molecule has 0 fully saturated rings. The van der Waals surface area contributed by atoms with Crippen molar-refractivity contribution in [1.29, 1.82) is 0 Å². The van der Waals surface area contributed by atoms with Gasteiger partial charge >= 0.3 is 0 Å². The maximum absolute atomic E-state index is 6.31. The Morgan fingerprint density at radius 1 is 0.509 bits per heavy atom. The highest BCUT2D eigenvalue weighted by Crippen LogP contribution is 2.41. The van der Waals surface area contributed by atoms with E-state index in [1.165, 1.54) is 55.2 Å². The molecule has 0 aliphatic heterocycles. The summed E-state index contributed by atoms with van der Waals surface area (Å²) in [5.41, 5.74) is 14.1. The number of allylic oxidation sites excluding steroid dienone is 1. The smallest absolute Gasteiger partial charge is 0.231 e. The highest BCUT2D eigenvalue weighted by atomic mass is 16.3. The van der Waals surface area contributed by atoms with E-state index in [0.29, 0.717) is 11.5 Å². The number of para-hydroxylation sites is 4. The summed E-state index contributed by atoms with van der Waals surface area (Å²) in [6.07, 6.45) is 5.65. The molecule has 0 N–H and O–H groups in total. The lowest BCUT2D eigenvalue weighted by Crippen LogP contribution is -2.07. The van der Waals surface area contributed by atoms with Gasteiger partial charge in [0.25, 0.3) is 0 Å². The molecule has 11 aromatic rings. The lowest BCUT2D eigenvalue weighted by atomic mass is 9.86. The first kappa shape index (κ1) is 31.8. The van der Waals surface area contributed by atoms with Crippen molar-refractivity contribution in [3.63, 3.8) is 0 Å². The maximum atomic E-state index is 6.31. The van der Waals surface area contributed by atoms with E-state index in [-0.39, 0.29) is 5.92 Å². The molecule has 0 radical (unpaired) electrons. The van der Waals surface area contributed by atoms with Gasteiger partial charge in [-0.3, -0.25) is 0 Å². The Morgan fingerprint density at radius 2 is 1.16 bits per heavy atom. The first-order valence-electron chi connectivity index (χ1n) is 19.5. The second-order valence-corrected chi connectivity index (χ2v) is 14.9. The molecule has 57 heavy (non-hydrogen) atoms. The Bertz CT molecular complexity index is 3370. The van der Waals surface area contributed by atoms with Crippen LogP contribution in [0.3, 0.4) is 0 Å². The van der Waals surface area contributed by atoms with E-state index in [1.807, 2.05) is 36.4 Å². The zero-order valence-electron chi connectivity index (χ0n) is 30.9. The van der Waals surface area contributed by atoms with Gasteiger partial charge in [0.1, 0.15) is 5.58 Å². The van der Waals surface area contributed by atoms with Crippen LogP contribution in [0.1, 0.15) is 22.7 Å². The average Bonchev–Trinajstić information content (AvgIpc) is 3.94. The monoisotopic (exact) mass is 730 g/mol. The van der Waals surface area contributed by atoms with E-state index in [4.69, 9.17) is 14.4 Å². The number of nitrogens with zero attached hydrogens (tertiary/aromatic N) is 4. The topological polar surface area (TPSA) is 48.8 Å². The number of rotatable bonds is 5. The Kier molecular flexibility index (Phi) is 6.99. The minimum atomic E-state index is 0.256. The second-order valence-electron chi connectivity index (χ2n) is 14.9. The highest BCUT2D eigenvalue weighted by molar-refractivity contribution is 6.11. The molecule has 5 nitrogen and oxygen atoms in total. The fourth-order valence-corrected chi connectivity index (χ4v) is 9.11. The third kappa shape index (κ3) is 4.95. The molecule has 268 valence electrons. The van der Waals surface area contributed by atoms with Crippen LogP contribution in [0.5, 0.6) is 0 Å². The first-order chi connectivity index (χ1) is 28.3. The molecule has 7 aromatic carbocycles. The lowest BCUT2D eigenvalue weighted by molar-refractivity contribution is 0.653. The molecule has 1 aliphatic carbocycles. The van der Waals surface area contributed by atoms with E-state index < -0.39 is 0 Å². The van der Waals surface area contributed by atoms with E-state index in [9.17, 15) is 0 Å². The number of furan rings is 1. The van der Waals surface area contributed by atoms with E-state index in [1.54, 1.807) is 0 Å². The van der Waals surface area contributed by atoms with Crippen LogP contribution in [0.4, 0.5) is 0 Å². The summed E-state index contributed by atoms with van der Waals surface area (Å²) in [6.45, 7) is 0. The molecule has 1 atom stereocenters. The summed E-state index contributed by atoms with van der Waals surface area (Å²) < 4.78 is 11.1. The Labute approximate surface area is 328 Å². The summed E-state index contributed by atoms with van der Waals surface area (Å²) in [6, 6.07) is 62.3. The second kappa shape index (κ2) is 12.5. The normalized spacial score (nSPS) is 14.0. The van der Waals surface area contributed by atoms with Gasteiger partial charge in [-0.15, -0.1) is 0 Å². The van der Waals surface area contributed by atoms with Gasteiger partial charge in [0.2, 0.25) is 5.71 Å². The minimum Gasteiger partial charge on any atom is -0.438 e. The van der Waals surface area contributed by atoms with Crippen molar-refractivity contribution in [2.24, 2.45) is 0 Å². The molecule has 1 aliphatic rings. The van der Waals surface area contributed by atoms with Crippen LogP contribution >= 0.6 is 0 Å². The summed E-state index contributed by atoms with van der Waals surface area (Å²) in [5.74, 6) is 0.893. The quantitative estimate of drug-likeness (QED) is 0.177. The van der Waals surface area contributed by atoms with Gasteiger partial charge in [-0.05, 0) is 90.4 Å². The van der Waals surface area contributed by atoms with Gasteiger partial charge in [0, 0.05) is 55.7 Å². The molecule has 4 heterocycles. The molecular formula is C52H34N4O. The van der Waals surface area contributed by atoms with Crippen LogP contribution in [-0.4, -0.2) is 19.1 Å². The van der Waals surface area contributed by atoms with E-state index in [0.717, 1.165) is 45.3 Å². The predicted molar refractivity (Wildman–Crippen MR) is 233 cm³/mol. The number of hydrogen-bond acceptors (Lipinski definition) is 3. The van der Waals surface area contributed by atoms with Crippen molar-refractivity contribution >= 4 is 60.9 Å². The van der Waals surface area contributed by atoms with Crippen LogP contribution in [0, 0.1) is 0 Å². The Hall–Kier alpha value is -7.50. The van der Waals surface area contributed by atoms with Crippen LogP contribution in [0.2, 0.25) is 0 Å². The number of hydrogen-bond donors (Lipinski definition) is 0. The van der Waals surface area contributed by atoms with Crippen molar-refractivity contribution in [1.82, 2.24) is 19.1 Å².